The van der Waals surface area contributed by atoms with Crippen LogP contribution in [0.5, 0.6) is 0 Å². The number of nitrogens with two attached hydrogens (primary N) is 1. The first kappa shape index (κ1) is 12.3. The number of nitrogen functional groups attached to an aromatic ring is 1. The molecule has 2 aromatic rings. The van der Waals surface area contributed by atoms with Crippen LogP contribution in [0.15, 0.2) is 10.5 Å². The van der Waals surface area contributed by atoms with Gasteiger partial charge in [0.25, 0.3) is 0 Å². The SMILES string of the molecule is Cc1cc2nc(C)c(C)c(NN)c2c(C)c1Br. The van der Waals surface area contributed by atoms with E-state index in [1.807, 2.05) is 13.8 Å². The van der Waals surface area contributed by atoms with Crippen LogP contribution in [0.3, 0.4) is 0 Å². The van der Waals surface area contributed by atoms with E-state index in [4.69, 9.17) is 5.84 Å². The van der Waals surface area contributed by atoms with Crippen molar-refractivity contribution in [3.05, 3.63) is 32.9 Å². The second kappa shape index (κ2) is 4.27. The smallest absolute Gasteiger partial charge is 0.0732 e. The first-order valence-electron chi connectivity index (χ1n) is 5.50. The largest absolute Gasteiger partial charge is 0.323 e. The van der Waals surface area contributed by atoms with Gasteiger partial charge < -0.3 is 5.43 Å². The van der Waals surface area contributed by atoms with E-state index < -0.39 is 0 Å². The molecule has 3 N–H and O–H groups in total. The summed E-state index contributed by atoms with van der Waals surface area (Å²) in [7, 11) is 0. The third-order valence-electron chi connectivity index (χ3n) is 3.26. The van der Waals surface area contributed by atoms with Crippen LogP contribution in [0.1, 0.15) is 22.4 Å². The molecule has 17 heavy (non-hydrogen) atoms. The van der Waals surface area contributed by atoms with Gasteiger partial charge in [-0.25, -0.2) is 0 Å². The van der Waals surface area contributed by atoms with Gasteiger partial charge in [-0.1, -0.05) is 15.9 Å². The van der Waals surface area contributed by atoms with Crippen molar-refractivity contribution in [2.75, 3.05) is 5.43 Å². The molecule has 3 nitrogen and oxygen atoms in total. The van der Waals surface area contributed by atoms with Gasteiger partial charge in [-0.15, -0.1) is 0 Å². The summed E-state index contributed by atoms with van der Waals surface area (Å²) < 4.78 is 1.12. The monoisotopic (exact) mass is 293 g/mol. The maximum atomic E-state index is 5.65. The Bertz CT molecular complexity index is 600. The van der Waals surface area contributed by atoms with Crippen molar-refractivity contribution in [2.24, 2.45) is 5.84 Å². The topological polar surface area (TPSA) is 50.9 Å². The predicted octanol–water partition coefficient (Wildman–Crippen LogP) is 3.52. The lowest BCUT2D eigenvalue weighted by atomic mass is 10.0. The van der Waals surface area contributed by atoms with Crippen LogP contribution in [0.2, 0.25) is 0 Å². The summed E-state index contributed by atoms with van der Waals surface area (Å²) in [4.78, 5) is 4.63. The number of rotatable bonds is 1. The second-order valence-corrected chi connectivity index (χ2v) is 5.16. The first-order chi connectivity index (χ1) is 7.97. The quantitative estimate of drug-likeness (QED) is 0.625. The Balaban J connectivity index is 3.02. The molecule has 0 aliphatic carbocycles. The molecule has 0 aliphatic rings. The molecule has 0 spiro atoms. The van der Waals surface area contributed by atoms with Crippen LogP contribution in [0.25, 0.3) is 10.9 Å². The molecule has 0 radical (unpaired) electrons. The van der Waals surface area contributed by atoms with Crippen molar-refractivity contribution >= 4 is 32.5 Å². The van der Waals surface area contributed by atoms with Crippen molar-refractivity contribution < 1.29 is 0 Å². The summed E-state index contributed by atoms with van der Waals surface area (Å²) in [5.41, 5.74) is 9.22. The molecule has 2 rings (SSSR count). The molecule has 0 saturated carbocycles. The van der Waals surface area contributed by atoms with Crippen molar-refractivity contribution in [3.63, 3.8) is 0 Å². The summed E-state index contributed by atoms with van der Waals surface area (Å²) in [5, 5.41) is 1.09. The van der Waals surface area contributed by atoms with E-state index in [2.05, 4.69) is 46.3 Å². The maximum Gasteiger partial charge on any atom is 0.0732 e. The number of aromatic nitrogens is 1. The summed E-state index contributed by atoms with van der Waals surface area (Å²) >= 11 is 3.61. The highest BCUT2D eigenvalue weighted by atomic mass is 79.9. The second-order valence-electron chi connectivity index (χ2n) is 4.37. The number of aryl methyl sites for hydroxylation is 3. The summed E-state index contributed by atoms with van der Waals surface area (Å²) in [5.74, 6) is 5.65. The van der Waals surface area contributed by atoms with Gasteiger partial charge in [0.2, 0.25) is 0 Å². The van der Waals surface area contributed by atoms with Crippen molar-refractivity contribution in [1.29, 1.82) is 0 Å². The number of nitrogens with zero attached hydrogens (tertiary/aromatic N) is 1. The van der Waals surface area contributed by atoms with E-state index in [1.54, 1.807) is 0 Å². The van der Waals surface area contributed by atoms with Gasteiger partial charge in [0, 0.05) is 15.6 Å². The molecule has 0 bridgehead atoms. The molecule has 4 heteroatoms. The molecular weight excluding hydrogens is 278 g/mol. The molecule has 0 atom stereocenters. The van der Waals surface area contributed by atoms with Gasteiger partial charge in [0.15, 0.2) is 0 Å². The number of fused-ring (bicyclic) bond motifs is 1. The molecule has 0 amide bonds. The molecule has 1 aromatic carbocycles. The van der Waals surface area contributed by atoms with Crippen LogP contribution in [-0.4, -0.2) is 4.98 Å². The van der Waals surface area contributed by atoms with Gasteiger partial charge in [-0.3, -0.25) is 10.8 Å². The molecule has 0 saturated heterocycles. The van der Waals surface area contributed by atoms with E-state index in [9.17, 15) is 0 Å². The van der Waals surface area contributed by atoms with Crippen molar-refractivity contribution in [3.8, 4) is 0 Å². The Morgan fingerprint density at radius 2 is 1.82 bits per heavy atom. The Kier molecular flexibility index (Phi) is 3.10. The number of hydrogen-bond acceptors (Lipinski definition) is 3. The van der Waals surface area contributed by atoms with E-state index >= 15 is 0 Å². The zero-order valence-electron chi connectivity index (χ0n) is 10.5. The zero-order valence-corrected chi connectivity index (χ0v) is 12.1. The van der Waals surface area contributed by atoms with Gasteiger partial charge in [-0.2, -0.15) is 0 Å². The van der Waals surface area contributed by atoms with E-state index in [-0.39, 0.29) is 0 Å². The van der Waals surface area contributed by atoms with E-state index in [0.29, 0.717) is 0 Å². The van der Waals surface area contributed by atoms with Gasteiger partial charge >= 0.3 is 0 Å². The highest BCUT2D eigenvalue weighted by Gasteiger charge is 2.13. The van der Waals surface area contributed by atoms with Gasteiger partial charge in [0.1, 0.15) is 0 Å². The number of hydrogen-bond donors (Lipinski definition) is 2. The minimum absolute atomic E-state index is 0.964. The standard InChI is InChI=1S/C13H16BrN3/c1-6-5-10-11(8(3)12(6)14)13(17-15)7(2)9(4)16-10/h5H,15H2,1-4H3,(H,16,17). The van der Waals surface area contributed by atoms with Crippen LogP contribution in [-0.2, 0) is 0 Å². The van der Waals surface area contributed by atoms with E-state index in [0.717, 1.165) is 32.3 Å². The normalized spacial score (nSPS) is 10.9. The van der Waals surface area contributed by atoms with Crippen LogP contribution >= 0.6 is 15.9 Å². The van der Waals surface area contributed by atoms with Crippen LogP contribution in [0, 0.1) is 27.7 Å². The highest BCUT2D eigenvalue weighted by Crippen LogP contribution is 2.35. The number of halogens is 1. The lowest BCUT2D eigenvalue weighted by Gasteiger charge is -2.15. The van der Waals surface area contributed by atoms with E-state index in [1.165, 1.54) is 11.1 Å². The molecular formula is C13H16BrN3. The molecule has 0 aliphatic heterocycles. The Hall–Kier alpha value is -1.13. The fraction of sp³-hybridized carbons (Fsp3) is 0.308. The minimum atomic E-state index is 0.964. The third-order valence-corrected chi connectivity index (χ3v) is 4.48. The summed E-state index contributed by atoms with van der Waals surface area (Å²) in [6.07, 6.45) is 0. The maximum absolute atomic E-state index is 5.65. The number of benzene rings is 1. The Morgan fingerprint density at radius 1 is 1.18 bits per heavy atom. The fourth-order valence-corrected chi connectivity index (χ4v) is 2.47. The Morgan fingerprint density at radius 3 is 2.41 bits per heavy atom. The average Bonchev–Trinajstić information content (AvgIpc) is 2.29. The summed E-state index contributed by atoms with van der Waals surface area (Å²) in [6, 6.07) is 2.08. The third kappa shape index (κ3) is 1.81. The zero-order chi connectivity index (χ0) is 12.7. The van der Waals surface area contributed by atoms with Crippen molar-refractivity contribution in [1.82, 2.24) is 4.98 Å². The number of hydrazine groups is 1. The predicted molar refractivity (Wildman–Crippen MR) is 76.2 cm³/mol. The van der Waals surface area contributed by atoms with Crippen LogP contribution < -0.4 is 11.3 Å². The highest BCUT2D eigenvalue weighted by molar-refractivity contribution is 9.10. The number of anilines is 1. The molecule has 1 aromatic heterocycles. The first-order valence-corrected chi connectivity index (χ1v) is 6.30. The number of pyridine rings is 1. The average molecular weight is 294 g/mol. The lowest BCUT2D eigenvalue weighted by Crippen LogP contribution is -2.11. The molecule has 0 fully saturated rings. The fourth-order valence-electron chi connectivity index (χ4n) is 2.16. The molecule has 90 valence electrons. The summed E-state index contributed by atoms with van der Waals surface area (Å²) in [6.45, 7) is 8.19. The minimum Gasteiger partial charge on any atom is -0.323 e. The lowest BCUT2D eigenvalue weighted by molar-refractivity contribution is 1.17. The van der Waals surface area contributed by atoms with Gasteiger partial charge in [-0.05, 0) is 50.5 Å². The molecule has 1 heterocycles. The van der Waals surface area contributed by atoms with Crippen molar-refractivity contribution in [2.45, 2.75) is 27.7 Å². The van der Waals surface area contributed by atoms with Crippen LogP contribution in [0.4, 0.5) is 5.69 Å². The Labute approximate surface area is 110 Å². The number of nitrogens with one attached hydrogen (secondary N) is 1. The molecule has 0 unspecified atom stereocenters. The van der Waals surface area contributed by atoms with Gasteiger partial charge in [0.05, 0.1) is 11.2 Å².